The third-order valence-electron chi connectivity index (χ3n) is 3.25. The van der Waals surface area contributed by atoms with Crippen LogP contribution in [-0.2, 0) is 4.79 Å². The number of hydrogen-bond acceptors (Lipinski definition) is 2. The van der Waals surface area contributed by atoms with Gasteiger partial charge in [0.05, 0.1) is 5.92 Å². The molecule has 1 aliphatic heterocycles. The van der Waals surface area contributed by atoms with Gasteiger partial charge in [-0.1, -0.05) is 12.2 Å². The molecule has 1 saturated carbocycles. The van der Waals surface area contributed by atoms with Crippen molar-refractivity contribution in [2.75, 3.05) is 0 Å². The summed E-state index contributed by atoms with van der Waals surface area (Å²) in [5.41, 5.74) is 0. The van der Waals surface area contributed by atoms with Crippen molar-refractivity contribution in [2.45, 2.75) is 6.42 Å². The van der Waals surface area contributed by atoms with Gasteiger partial charge < -0.3 is 5.11 Å². The number of rotatable bonds is 0. The summed E-state index contributed by atoms with van der Waals surface area (Å²) in [5, 5.41) is 11.2. The Morgan fingerprint density at radius 3 is 2.67 bits per heavy atom. The van der Waals surface area contributed by atoms with Crippen LogP contribution >= 0.6 is 0 Å². The third-order valence-corrected chi connectivity index (χ3v) is 3.25. The van der Waals surface area contributed by atoms with Crippen LogP contribution in [0.5, 0.6) is 0 Å². The van der Waals surface area contributed by atoms with E-state index >= 15 is 0 Å². The molecule has 4 atom stereocenters. The second-order valence-corrected chi connectivity index (χ2v) is 3.79. The SMILES string of the molecule is O=C1N=C([O-])C2C3C=CC(C3)C12. The number of amides is 1. The van der Waals surface area contributed by atoms with Crippen LogP contribution in [0.2, 0.25) is 0 Å². The van der Waals surface area contributed by atoms with Crippen LogP contribution in [0.3, 0.4) is 0 Å². The van der Waals surface area contributed by atoms with Crippen LogP contribution in [-0.4, -0.2) is 11.8 Å². The third kappa shape index (κ3) is 0.543. The summed E-state index contributed by atoms with van der Waals surface area (Å²) in [4.78, 5) is 14.7. The van der Waals surface area contributed by atoms with Gasteiger partial charge in [0.25, 0.3) is 0 Å². The molecule has 0 spiro atoms. The normalized spacial score (nSPS) is 48.3. The van der Waals surface area contributed by atoms with E-state index in [0.717, 1.165) is 6.42 Å². The summed E-state index contributed by atoms with van der Waals surface area (Å²) in [7, 11) is 0. The van der Waals surface area contributed by atoms with E-state index in [9.17, 15) is 9.90 Å². The van der Waals surface area contributed by atoms with E-state index in [4.69, 9.17) is 0 Å². The second-order valence-electron chi connectivity index (χ2n) is 3.79. The van der Waals surface area contributed by atoms with Gasteiger partial charge in [-0.3, -0.25) is 4.79 Å². The maximum atomic E-state index is 11.2. The zero-order valence-electron chi connectivity index (χ0n) is 6.43. The average Bonchev–Trinajstić information content (AvgIpc) is 2.64. The molecule has 4 unspecified atom stereocenters. The smallest absolute Gasteiger partial charge is 0.249 e. The second kappa shape index (κ2) is 1.79. The van der Waals surface area contributed by atoms with E-state index < -0.39 is 0 Å². The molecule has 62 valence electrons. The first-order chi connectivity index (χ1) is 5.77. The molecule has 3 rings (SSSR count). The predicted molar refractivity (Wildman–Crippen MR) is 40.2 cm³/mol. The molecule has 0 aromatic rings. The Kier molecular flexibility index (Phi) is 0.953. The van der Waals surface area contributed by atoms with Crippen molar-refractivity contribution in [2.24, 2.45) is 28.7 Å². The topological polar surface area (TPSA) is 52.5 Å². The Morgan fingerprint density at radius 1 is 1.33 bits per heavy atom. The highest BCUT2D eigenvalue weighted by Crippen LogP contribution is 2.50. The summed E-state index contributed by atoms with van der Waals surface area (Å²) in [6, 6.07) is 0. The fraction of sp³-hybridized carbons (Fsp3) is 0.556. The molecule has 2 bridgehead atoms. The van der Waals surface area contributed by atoms with Crippen molar-refractivity contribution < 1.29 is 9.90 Å². The minimum atomic E-state index is -0.179. The maximum absolute atomic E-state index is 11.2. The molecule has 0 saturated heterocycles. The summed E-state index contributed by atoms with van der Waals surface area (Å²) in [5.74, 6) is 0.0779. The van der Waals surface area contributed by atoms with Gasteiger partial charge in [-0.15, -0.1) is 0 Å². The Balaban J connectivity index is 2.09. The van der Waals surface area contributed by atoms with Crippen LogP contribution < -0.4 is 5.11 Å². The molecular weight excluding hydrogens is 154 g/mol. The number of allylic oxidation sites excluding steroid dienone is 2. The first-order valence-corrected chi connectivity index (χ1v) is 4.25. The van der Waals surface area contributed by atoms with Gasteiger partial charge >= 0.3 is 0 Å². The molecule has 12 heavy (non-hydrogen) atoms. The van der Waals surface area contributed by atoms with Crippen molar-refractivity contribution >= 4 is 11.8 Å². The fourth-order valence-electron chi connectivity index (χ4n) is 2.75. The number of aliphatic imine (C=N–C) groups is 1. The molecule has 3 aliphatic rings. The monoisotopic (exact) mass is 162 g/mol. The first kappa shape index (κ1) is 6.40. The summed E-state index contributed by atoms with van der Waals surface area (Å²) in [6.07, 6.45) is 5.12. The van der Waals surface area contributed by atoms with Crippen LogP contribution in [0, 0.1) is 23.7 Å². The van der Waals surface area contributed by atoms with Gasteiger partial charge in [0.15, 0.2) is 0 Å². The predicted octanol–water partition coefficient (Wildman–Crippen LogP) is -0.276. The lowest BCUT2D eigenvalue weighted by Crippen LogP contribution is -2.31. The highest BCUT2D eigenvalue weighted by atomic mass is 16.3. The van der Waals surface area contributed by atoms with Crippen LogP contribution in [0.25, 0.3) is 0 Å². The zero-order chi connectivity index (χ0) is 8.29. The molecule has 1 heterocycles. The zero-order valence-corrected chi connectivity index (χ0v) is 6.43. The van der Waals surface area contributed by atoms with Gasteiger partial charge in [-0.05, 0) is 24.2 Å². The van der Waals surface area contributed by atoms with Gasteiger partial charge in [-0.25, -0.2) is 4.99 Å². The lowest BCUT2D eigenvalue weighted by molar-refractivity contribution is -0.223. The van der Waals surface area contributed by atoms with Crippen LogP contribution in [0.4, 0.5) is 0 Å². The largest absolute Gasteiger partial charge is 0.861 e. The van der Waals surface area contributed by atoms with Crippen LogP contribution in [0.1, 0.15) is 6.42 Å². The Bertz CT molecular complexity index is 318. The molecule has 2 aliphatic carbocycles. The minimum Gasteiger partial charge on any atom is -0.861 e. The molecule has 0 radical (unpaired) electrons. The van der Waals surface area contributed by atoms with Gasteiger partial charge in [0, 0.05) is 5.92 Å². The number of carbonyl (C=O) groups excluding carboxylic acids is 1. The van der Waals surface area contributed by atoms with E-state index in [1.54, 1.807) is 0 Å². The molecule has 0 aromatic heterocycles. The lowest BCUT2D eigenvalue weighted by Gasteiger charge is -2.22. The summed E-state index contributed by atoms with van der Waals surface area (Å²) >= 11 is 0. The van der Waals surface area contributed by atoms with E-state index in [1.807, 2.05) is 0 Å². The quantitative estimate of drug-likeness (QED) is 0.460. The standard InChI is InChI=1S/C9H9NO2/c11-8-6-4-1-2-5(3-4)7(6)9(12)10-8/h1-2,4-7H,3H2,(H,10,11,12)/p-1. The minimum absolute atomic E-state index is 0.0903. The fourth-order valence-corrected chi connectivity index (χ4v) is 2.75. The van der Waals surface area contributed by atoms with Crippen LogP contribution in [0.15, 0.2) is 17.1 Å². The van der Waals surface area contributed by atoms with Gasteiger partial charge in [0.1, 0.15) is 0 Å². The van der Waals surface area contributed by atoms with E-state index in [2.05, 4.69) is 17.1 Å². The molecule has 3 heteroatoms. The van der Waals surface area contributed by atoms with E-state index in [1.165, 1.54) is 0 Å². The van der Waals surface area contributed by atoms with Crippen molar-refractivity contribution in [1.82, 2.24) is 0 Å². The van der Waals surface area contributed by atoms with E-state index in [0.29, 0.717) is 11.8 Å². The summed E-state index contributed by atoms with van der Waals surface area (Å²) in [6.45, 7) is 0. The van der Waals surface area contributed by atoms with Crippen molar-refractivity contribution in [3.63, 3.8) is 0 Å². The summed E-state index contributed by atoms with van der Waals surface area (Å²) < 4.78 is 0. The molecule has 1 amide bonds. The van der Waals surface area contributed by atoms with Crippen molar-refractivity contribution in [3.8, 4) is 0 Å². The Morgan fingerprint density at radius 2 is 2.00 bits per heavy atom. The first-order valence-electron chi connectivity index (χ1n) is 4.25. The van der Waals surface area contributed by atoms with Crippen molar-refractivity contribution in [1.29, 1.82) is 0 Å². The maximum Gasteiger partial charge on any atom is 0.249 e. The number of carbonyl (C=O) groups is 1. The molecule has 0 aromatic carbocycles. The number of fused-ring (bicyclic) bond motifs is 5. The lowest BCUT2D eigenvalue weighted by atomic mass is 9.85. The Hall–Kier alpha value is -1.12. The molecule has 0 N–H and O–H groups in total. The molecule has 3 nitrogen and oxygen atoms in total. The average molecular weight is 162 g/mol. The van der Waals surface area contributed by atoms with E-state index in [-0.39, 0.29) is 23.6 Å². The molecule has 1 fully saturated rings. The highest BCUT2D eigenvalue weighted by Gasteiger charge is 2.50. The highest BCUT2D eigenvalue weighted by molar-refractivity contribution is 6.01. The van der Waals surface area contributed by atoms with Gasteiger partial charge in [0.2, 0.25) is 5.91 Å². The number of nitrogens with zero attached hydrogens (tertiary/aromatic N) is 1. The number of hydrogen-bond donors (Lipinski definition) is 0. The van der Waals surface area contributed by atoms with Gasteiger partial charge in [-0.2, -0.15) is 0 Å². The Labute approximate surface area is 69.8 Å². The molecular formula is C9H8NO2-. The van der Waals surface area contributed by atoms with Crippen molar-refractivity contribution in [3.05, 3.63) is 12.2 Å².